The second-order valence-electron chi connectivity index (χ2n) is 8.12. The molecule has 10 heteroatoms. The zero-order chi connectivity index (χ0) is 23.8. The maximum atomic E-state index is 12.3. The number of aromatic carboxylic acids is 1. The first-order valence-electron chi connectivity index (χ1n) is 11.1. The minimum atomic E-state index is -1.31. The Hall–Kier alpha value is -3.67. The fourth-order valence-electron chi connectivity index (χ4n) is 4.46. The van der Waals surface area contributed by atoms with Gasteiger partial charge < -0.3 is 24.7 Å². The van der Waals surface area contributed by atoms with E-state index in [2.05, 4.69) is 26.8 Å². The molecule has 0 fully saturated rings. The first kappa shape index (κ1) is 24.5. The van der Waals surface area contributed by atoms with Gasteiger partial charge in [-0.15, -0.1) is 0 Å². The van der Waals surface area contributed by atoms with Gasteiger partial charge in [-0.25, -0.2) is 9.78 Å². The zero-order valence-corrected chi connectivity index (χ0v) is 19.9. The van der Waals surface area contributed by atoms with Crippen LogP contribution in [-0.4, -0.2) is 50.0 Å². The van der Waals surface area contributed by atoms with Crippen molar-refractivity contribution < 1.29 is 33.6 Å². The fraction of sp³-hybridized carbons (Fsp3) is 0.240. The van der Waals surface area contributed by atoms with Gasteiger partial charge in [0.1, 0.15) is 5.82 Å². The number of pyridine rings is 2. The van der Waals surface area contributed by atoms with E-state index in [0.29, 0.717) is 30.9 Å². The van der Waals surface area contributed by atoms with Gasteiger partial charge in [0.25, 0.3) is 0 Å². The number of nitrogens with zero attached hydrogens (tertiary/aromatic N) is 5. The van der Waals surface area contributed by atoms with E-state index < -0.39 is 5.97 Å². The zero-order valence-electron chi connectivity index (χ0n) is 19.9. The van der Waals surface area contributed by atoms with Crippen LogP contribution in [0.3, 0.4) is 0 Å². The summed E-state index contributed by atoms with van der Waals surface area (Å²) in [7, 11) is 1.64. The van der Waals surface area contributed by atoms with Crippen LogP contribution >= 0.6 is 0 Å². The van der Waals surface area contributed by atoms with Crippen LogP contribution in [0.5, 0.6) is 0 Å². The molecule has 0 radical (unpaired) electrons. The fourth-order valence-corrected chi connectivity index (χ4v) is 4.46. The number of fused-ring (bicyclic) bond motifs is 2. The number of aryl methyl sites for hydroxylation is 1. The third-order valence-electron chi connectivity index (χ3n) is 6.19. The van der Waals surface area contributed by atoms with Gasteiger partial charge in [-0.3, -0.25) is 9.97 Å². The summed E-state index contributed by atoms with van der Waals surface area (Å²) in [5.41, 5.74) is 4.13. The molecule has 0 saturated heterocycles. The van der Waals surface area contributed by atoms with E-state index in [1.54, 1.807) is 18.0 Å². The van der Waals surface area contributed by atoms with Gasteiger partial charge in [0.2, 0.25) is 0 Å². The maximum absolute atomic E-state index is 12.3. The molecule has 35 heavy (non-hydrogen) atoms. The van der Waals surface area contributed by atoms with E-state index in [9.17, 15) is 14.7 Å². The van der Waals surface area contributed by atoms with Crippen molar-refractivity contribution in [2.24, 2.45) is 0 Å². The van der Waals surface area contributed by atoms with Crippen LogP contribution in [0.1, 0.15) is 28.9 Å². The van der Waals surface area contributed by atoms with Crippen LogP contribution in [0.25, 0.3) is 33.3 Å². The molecule has 0 atom stereocenters. The van der Waals surface area contributed by atoms with Gasteiger partial charge in [0.05, 0.1) is 35.3 Å². The van der Waals surface area contributed by atoms with Crippen LogP contribution in [0.15, 0.2) is 48.8 Å². The van der Waals surface area contributed by atoms with Crippen molar-refractivity contribution >= 4 is 22.8 Å². The average Bonchev–Trinajstić information content (AvgIpc) is 3.25. The summed E-state index contributed by atoms with van der Waals surface area (Å²) in [5, 5.41) is 15.6. The Labute approximate surface area is 214 Å². The van der Waals surface area contributed by atoms with Crippen molar-refractivity contribution in [1.29, 1.82) is 0 Å². The number of carbonyl (C=O) groups is 2. The molecular weight excluding hydrogens is 439 g/mol. The number of aromatic nitrogens is 4. The molecule has 0 aliphatic carbocycles. The van der Waals surface area contributed by atoms with Gasteiger partial charge in [-0.05, 0) is 23.6 Å². The van der Waals surface area contributed by atoms with E-state index in [1.165, 1.54) is 12.3 Å². The number of imidazole rings is 1. The Kier molecular flexibility index (Phi) is 6.92. The molecule has 3 aromatic heterocycles. The summed E-state index contributed by atoms with van der Waals surface area (Å²) < 4.78 is 2.22. The first-order chi connectivity index (χ1) is 16.5. The molecule has 5 rings (SSSR count). The Bertz CT molecular complexity index is 1420. The monoisotopic (exact) mass is 462 g/mol. The second-order valence-corrected chi connectivity index (χ2v) is 8.12. The first-order valence-corrected chi connectivity index (χ1v) is 11.1. The molecule has 1 N–H and O–H groups in total. The quantitative estimate of drug-likeness (QED) is 0.399. The summed E-state index contributed by atoms with van der Waals surface area (Å²) in [4.78, 5) is 38.6. The molecule has 1 aliphatic heterocycles. The molecule has 1 aromatic carbocycles. The standard InChI is InChI=1S/C25H24N6O3.Li/c1-3-22-29-23(21-14-30(25(34)26-2)9-10-31(21)22)17-6-4-5-15-11-20(28-13-18(15)17)16-7-8-19(24(32)33)27-12-16;/h4-8,11-13H,3,9-10,14H2,1-2H3,(H,26,34)(H,32,33);/q;+1/p-1. The van der Waals surface area contributed by atoms with Gasteiger partial charge in [0.15, 0.2) is 0 Å². The molecule has 1 aliphatic rings. The number of nitrogens with one attached hydrogen (secondary N) is 1. The van der Waals surface area contributed by atoms with Crippen molar-refractivity contribution in [2.45, 2.75) is 26.4 Å². The summed E-state index contributed by atoms with van der Waals surface area (Å²) >= 11 is 0. The van der Waals surface area contributed by atoms with E-state index in [0.717, 1.165) is 40.0 Å². The number of carboxylic acids is 1. The normalized spacial score (nSPS) is 12.7. The van der Waals surface area contributed by atoms with E-state index >= 15 is 0 Å². The van der Waals surface area contributed by atoms with Crippen LogP contribution in [-0.2, 0) is 19.5 Å². The number of rotatable bonds is 4. The summed E-state index contributed by atoms with van der Waals surface area (Å²) in [6.07, 6.45) is 4.09. The van der Waals surface area contributed by atoms with E-state index in [-0.39, 0.29) is 30.6 Å². The third-order valence-corrected chi connectivity index (χ3v) is 6.19. The predicted octanol–water partition coefficient (Wildman–Crippen LogP) is -0.755. The van der Waals surface area contributed by atoms with E-state index in [4.69, 9.17) is 4.98 Å². The van der Waals surface area contributed by atoms with Crippen molar-refractivity contribution in [3.8, 4) is 22.5 Å². The van der Waals surface area contributed by atoms with Crippen LogP contribution in [0.4, 0.5) is 4.79 Å². The summed E-state index contributed by atoms with van der Waals surface area (Å²) in [6, 6.07) is 11.0. The van der Waals surface area contributed by atoms with Crippen LogP contribution in [0.2, 0.25) is 0 Å². The SMILES string of the molecule is CCc1nc(-c2cccc3cc(-c4ccc(C(=O)[O-])nc4)ncc23)c2n1CCN(C(=O)NC)C2.[Li+]. The Morgan fingerprint density at radius 1 is 1.11 bits per heavy atom. The molecular formula is C25H23LiN6O3. The number of carbonyl (C=O) groups excluding carboxylic acids is 2. The molecule has 172 valence electrons. The molecule has 2 amide bonds. The molecule has 0 spiro atoms. The van der Waals surface area contributed by atoms with Gasteiger partial charge in [0, 0.05) is 55.5 Å². The van der Waals surface area contributed by atoms with Crippen LogP contribution < -0.4 is 29.3 Å². The van der Waals surface area contributed by atoms with Crippen molar-refractivity contribution in [3.63, 3.8) is 0 Å². The smallest absolute Gasteiger partial charge is 0.543 e. The van der Waals surface area contributed by atoms with Gasteiger partial charge >= 0.3 is 24.9 Å². The predicted molar refractivity (Wildman–Crippen MR) is 125 cm³/mol. The van der Waals surface area contributed by atoms with Crippen molar-refractivity contribution in [1.82, 2.24) is 29.7 Å². The molecule has 9 nitrogen and oxygen atoms in total. The minimum Gasteiger partial charge on any atom is -0.543 e. The van der Waals surface area contributed by atoms with E-state index in [1.807, 2.05) is 30.5 Å². The maximum Gasteiger partial charge on any atom is 1.00 e. The largest absolute Gasteiger partial charge is 1.00 e. The van der Waals surface area contributed by atoms with Gasteiger partial charge in [-0.1, -0.05) is 25.1 Å². The van der Waals surface area contributed by atoms with Crippen molar-refractivity contribution in [2.75, 3.05) is 13.6 Å². The number of benzene rings is 1. The molecule has 0 unspecified atom stereocenters. The Balaban J connectivity index is 0.00000289. The topological polar surface area (TPSA) is 116 Å². The minimum absolute atomic E-state index is 0. The second kappa shape index (κ2) is 9.90. The Morgan fingerprint density at radius 3 is 2.63 bits per heavy atom. The molecule has 0 saturated carbocycles. The van der Waals surface area contributed by atoms with Crippen molar-refractivity contribution in [3.05, 3.63) is 66.0 Å². The summed E-state index contributed by atoms with van der Waals surface area (Å²) in [6.45, 7) is 3.92. The molecule has 0 bridgehead atoms. The molecule has 4 aromatic rings. The molecule has 4 heterocycles. The van der Waals surface area contributed by atoms with Gasteiger partial charge in [-0.2, -0.15) is 0 Å². The third kappa shape index (κ3) is 4.41. The number of urea groups is 1. The summed E-state index contributed by atoms with van der Waals surface area (Å²) in [5.74, 6) is -0.310. The number of hydrogen-bond acceptors (Lipinski definition) is 6. The number of carboxylic acid groups (broad SMARTS) is 1. The van der Waals surface area contributed by atoms with Crippen LogP contribution in [0, 0.1) is 0 Å². The number of hydrogen-bond donors (Lipinski definition) is 1. The Morgan fingerprint density at radius 2 is 1.94 bits per heavy atom. The number of amides is 2. The average molecular weight is 462 g/mol.